The zero-order valence-corrected chi connectivity index (χ0v) is 10.9. The summed E-state index contributed by atoms with van der Waals surface area (Å²) in [6.07, 6.45) is 4.25. The molecule has 0 bridgehead atoms. The van der Waals surface area contributed by atoms with Crippen molar-refractivity contribution in [3.8, 4) is 0 Å². The molecule has 0 amide bonds. The lowest BCUT2D eigenvalue weighted by atomic mass is 10.1. The first-order valence-corrected chi connectivity index (χ1v) is 5.95. The topological polar surface area (TPSA) is 101 Å². The fourth-order valence-corrected chi connectivity index (χ4v) is 1.63. The van der Waals surface area contributed by atoms with Crippen molar-refractivity contribution in [3.63, 3.8) is 0 Å². The number of carbonyl (C=O) groups is 2. The van der Waals surface area contributed by atoms with E-state index in [1.807, 2.05) is 6.92 Å². The highest BCUT2D eigenvalue weighted by Gasteiger charge is 2.14. The fourth-order valence-electron chi connectivity index (χ4n) is 1.63. The number of carboxylic acid groups (broad SMARTS) is 1. The van der Waals surface area contributed by atoms with E-state index in [1.54, 1.807) is 0 Å². The van der Waals surface area contributed by atoms with Crippen LogP contribution in [0.3, 0.4) is 0 Å². The van der Waals surface area contributed by atoms with Crippen molar-refractivity contribution < 1.29 is 19.4 Å². The predicted octanol–water partition coefficient (Wildman–Crippen LogP) is 1.32. The molecule has 1 aromatic heterocycles. The summed E-state index contributed by atoms with van der Waals surface area (Å²) in [5.41, 5.74) is 0.0815. The van der Waals surface area contributed by atoms with Crippen LogP contribution in [0, 0.1) is 0 Å². The van der Waals surface area contributed by atoms with Gasteiger partial charge in [-0.1, -0.05) is 13.3 Å². The summed E-state index contributed by atoms with van der Waals surface area (Å²) in [4.78, 5) is 30.0. The molecule has 0 spiro atoms. The normalized spacial score (nSPS) is 11.7. The van der Waals surface area contributed by atoms with Gasteiger partial charge in [0.2, 0.25) is 0 Å². The summed E-state index contributed by atoms with van der Waals surface area (Å²) in [5, 5.41) is 11.8. The highest BCUT2D eigenvalue weighted by Crippen LogP contribution is 2.11. The summed E-state index contributed by atoms with van der Waals surface area (Å²) in [7, 11) is 1.26. The van der Waals surface area contributed by atoms with Crippen molar-refractivity contribution in [2.75, 3.05) is 12.4 Å². The molecule has 0 saturated heterocycles. The Labute approximate surface area is 111 Å². The number of esters is 1. The molecule has 1 unspecified atom stereocenters. The van der Waals surface area contributed by atoms with Gasteiger partial charge in [0.05, 0.1) is 25.9 Å². The van der Waals surface area contributed by atoms with Gasteiger partial charge in [0, 0.05) is 6.04 Å². The van der Waals surface area contributed by atoms with Crippen molar-refractivity contribution >= 4 is 17.8 Å². The van der Waals surface area contributed by atoms with Crippen LogP contribution in [-0.4, -0.2) is 40.2 Å². The second-order valence-corrected chi connectivity index (χ2v) is 4.01. The lowest BCUT2D eigenvalue weighted by Gasteiger charge is -2.16. The van der Waals surface area contributed by atoms with Gasteiger partial charge in [-0.3, -0.25) is 9.78 Å². The number of rotatable bonds is 7. The van der Waals surface area contributed by atoms with E-state index in [4.69, 9.17) is 5.11 Å². The zero-order chi connectivity index (χ0) is 14.3. The number of aromatic nitrogens is 2. The molecule has 0 fully saturated rings. The minimum atomic E-state index is -0.886. The van der Waals surface area contributed by atoms with Gasteiger partial charge < -0.3 is 15.2 Å². The first-order chi connectivity index (χ1) is 9.06. The Morgan fingerprint density at radius 2 is 2.21 bits per heavy atom. The molecule has 0 radical (unpaired) electrons. The van der Waals surface area contributed by atoms with Crippen molar-refractivity contribution in [2.45, 2.75) is 32.2 Å². The molecule has 0 aliphatic rings. The third kappa shape index (κ3) is 4.90. The second kappa shape index (κ2) is 7.30. The molecule has 1 rings (SSSR count). The number of ether oxygens (including phenoxy) is 1. The van der Waals surface area contributed by atoms with E-state index in [1.165, 1.54) is 19.5 Å². The van der Waals surface area contributed by atoms with Crippen molar-refractivity contribution in [1.82, 2.24) is 9.97 Å². The number of nitrogens with zero attached hydrogens (tertiary/aromatic N) is 2. The van der Waals surface area contributed by atoms with Crippen LogP contribution in [0.5, 0.6) is 0 Å². The number of carbonyl (C=O) groups excluding carboxylic acids is 1. The van der Waals surface area contributed by atoms with Crippen LogP contribution in [0.25, 0.3) is 0 Å². The van der Waals surface area contributed by atoms with Crippen LogP contribution in [0.4, 0.5) is 5.82 Å². The monoisotopic (exact) mass is 267 g/mol. The van der Waals surface area contributed by atoms with Gasteiger partial charge in [0.25, 0.3) is 0 Å². The van der Waals surface area contributed by atoms with E-state index in [0.29, 0.717) is 12.2 Å². The van der Waals surface area contributed by atoms with Gasteiger partial charge in [0.1, 0.15) is 5.82 Å². The van der Waals surface area contributed by atoms with Gasteiger partial charge in [-0.15, -0.1) is 0 Å². The van der Waals surface area contributed by atoms with E-state index < -0.39 is 11.9 Å². The van der Waals surface area contributed by atoms with Crippen LogP contribution in [0.15, 0.2) is 12.4 Å². The maximum atomic E-state index is 11.3. The number of aliphatic carboxylic acids is 1. The molecule has 2 N–H and O–H groups in total. The number of nitrogens with one attached hydrogen (secondary N) is 1. The largest absolute Gasteiger partial charge is 0.481 e. The minimum absolute atomic E-state index is 0.0159. The van der Waals surface area contributed by atoms with Gasteiger partial charge in [-0.05, 0) is 6.42 Å². The number of hydrogen-bond donors (Lipinski definition) is 2. The molecule has 7 heteroatoms. The smallest absolute Gasteiger partial charge is 0.358 e. The first kappa shape index (κ1) is 14.9. The molecular weight excluding hydrogens is 250 g/mol. The van der Waals surface area contributed by atoms with E-state index in [-0.39, 0.29) is 18.2 Å². The van der Waals surface area contributed by atoms with Crippen molar-refractivity contribution in [1.29, 1.82) is 0 Å². The fraction of sp³-hybridized carbons (Fsp3) is 0.500. The third-order valence-corrected chi connectivity index (χ3v) is 2.44. The summed E-state index contributed by atoms with van der Waals surface area (Å²) in [6, 6.07) is -0.246. The number of carboxylic acids is 1. The minimum Gasteiger partial charge on any atom is -0.481 e. The predicted molar refractivity (Wildman–Crippen MR) is 67.9 cm³/mol. The van der Waals surface area contributed by atoms with Gasteiger partial charge in [0.15, 0.2) is 5.69 Å². The van der Waals surface area contributed by atoms with Crippen LogP contribution in [-0.2, 0) is 9.53 Å². The molecule has 1 aromatic rings. The van der Waals surface area contributed by atoms with Crippen molar-refractivity contribution in [2.24, 2.45) is 0 Å². The third-order valence-electron chi connectivity index (χ3n) is 2.44. The van der Waals surface area contributed by atoms with E-state index in [0.717, 1.165) is 6.42 Å². The molecule has 0 aliphatic carbocycles. The number of methoxy groups -OCH3 is 1. The van der Waals surface area contributed by atoms with E-state index in [2.05, 4.69) is 20.0 Å². The number of hydrogen-bond acceptors (Lipinski definition) is 6. The molecule has 19 heavy (non-hydrogen) atoms. The summed E-state index contributed by atoms with van der Waals surface area (Å²) in [5.74, 6) is -1.10. The first-order valence-electron chi connectivity index (χ1n) is 5.95. The molecule has 0 saturated carbocycles. The Morgan fingerprint density at radius 3 is 2.79 bits per heavy atom. The maximum absolute atomic E-state index is 11.3. The molecule has 1 heterocycles. The zero-order valence-electron chi connectivity index (χ0n) is 10.9. The maximum Gasteiger partial charge on any atom is 0.358 e. The average Bonchev–Trinajstić information content (AvgIpc) is 2.37. The van der Waals surface area contributed by atoms with Crippen LogP contribution in [0.2, 0.25) is 0 Å². The number of anilines is 1. The Balaban J connectivity index is 2.78. The van der Waals surface area contributed by atoms with Crippen LogP contribution >= 0.6 is 0 Å². The molecule has 104 valence electrons. The molecule has 0 aliphatic heterocycles. The lowest BCUT2D eigenvalue weighted by molar-refractivity contribution is -0.137. The van der Waals surface area contributed by atoms with Crippen molar-refractivity contribution in [3.05, 3.63) is 18.1 Å². The highest BCUT2D eigenvalue weighted by molar-refractivity contribution is 5.87. The lowest BCUT2D eigenvalue weighted by Crippen LogP contribution is -2.24. The second-order valence-electron chi connectivity index (χ2n) is 4.01. The summed E-state index contributed by atoms with van der Waals surface area (Å²) in [6.45, 7) is 1.97. The summed E-state index contributed by atoms with van der Waals surface area (Å²) < 4.78 is 4.54. The van der Waals surface area contributed by atoms with Gasteiger partial charge in [-0.2, -0.15) is 0 Å². The van der Waals surface area contributed by atoms with E-state index >= 15 is 0 Å². The van der Waals surface area contributed by atoms with Gasteiger partial charge in [-0.25, -0.2) is 9.78 Å². The molecular formula is C12H17N3O4. The molecule has 0 aromatic carbocycles. The average molecular weight is 267 g/mol. The Hall–Kier alpha value is -2.18. The van der Waals surface area contributed by atoms with Crippen LogP contribution < -0.4 is 5.32 Å². The Kier molecular flexibility index (Phi) is 5.72. The molecule has 1 atom stereocenters. The van der Waals surface area contributed by atoms with Crippen LogP contribution in [0.1, 0.15) is 36.7 Å². The highest BCUT2D eigenvalue weighted by atomic mass is 16.5. The summed E-state index contributed by atoms with van der Waals surface area (Å²) >= 11 is 0. The van der Waals surface area contributed by atoms with E-state index in [9.17, 15) is 9.59 Å². The quantitative estimate of drug-likeness (QED) is 0.718. The SMILES string of the molecule is CCCC(CC(=O)O)Nc1cncc(C(=O)OC)n1. The van der Waals surface area contributed by atoms with Gasteiger partial charge >= 0.3 is 11.9 Å². The Bertz CT molecular complexity index is 450. The molecule has 7 nitrogen and oxygen atoms in total. The Morgan fingerprint density at radius 1 is 1.47 bits per heavy atom. The standard InChI is InChI=1S/C12H17N3O4/c1-3-4-8(5-11(16)17)14-10-7-13-6-9(15-10)12(18)19-2/h6-8H,3-5H2,1-2H3,(H,14,15)(H,16,17).